The van der Waals surface area contributed by atoms with E-state index in [2.05, 4.69) is 24.4 Å². The lowest BCUT2D eigenvalue weighted by Gasteiger charge is -2.30. The highest BCUT2D eigenvalue weighted by atomic mass is 16.3. The summed E-state index contributed by atoms with van der Waals surface area (Å²) < 4.78 is 0. The molecule has 3 N–H and O–H groups in total. The predicted octanol–water partition coefficient (Wildman–Crippen LogP) is 0.950. The molecule has 0 heterocycles. The number of benzene rings is 1. The van der Waals surface area contributed by atoms with Crippen molar-refractivity contribution in [1.29, 1.82) is 0 Å². The molecule has 0 aliphatic carbocycles. The molecule has 0 saturated carbocycles. The zero-order valence-corrected chi connectivity index (χ0v) is 9.98. The molecule has 3 heteroatoms. The van der Waals surface area contributed by atoms with Gasteiger partial charge in [-0.2, -0.15) is 0 Å². The van der Waals surface area contributed by atoms with Gasteiger partial charge in [0.05, 0.1) is 18.8 Å². The van der Waals surface area contributed by atoms with Crippen LogP contribution in [0.2, 0.25) is 0 Å². The van der Waals surface area contributed by atoms with Crippen LogP contribution in [0.3, 0.4) is 0 Å². The van der Waals surface area contributed by atoms with E-state index in [9.17, 15) is 10.2 Å². The van der Waals surface area contributed by atoms with Crippen molar-refractivity contribution in [1.82, 2.24) is 5.32 Å². The second-order valence-electron chi connectivity index (χ2n) is 4.61. The molecule has 3 nitrogen and oxygen atoms in total. The molecule has 0 bridgehead atoms. The van der Waals surface area contributed by atoms with Crippen molar-refractivity contribution in [3.05, 3.63) is 35.9 Å². The first-order chi connectivity index (χ1) is 7.59. The van der Waals surface area contributed by atoms with E-state index in [1.807, 2.05) is 25.1 Å². The number of aliphatic hydroxyl groups excluding tert-OH is 2. The van der Waals surface area contributed by atoms with Crippen molar-refractivity contribution < 1.29 is 10.2 Å². The second kappa shape index (κ2) is 5.99. The van der Waals surface area contributed by atoms with Gasteiger partial charge >= 0.3 is 0 Å². The fourth-order valence-electron chi connectivity index (χ4n) is 1.75. The maximum Gasteiger partial charge on any atom is 0.0633 e. The smallest absolute Gasteiger partial charge is 0.0633 e. The molecule has 1 rings (SSSR count). The molecule has 0 spiro atoms. The van der Waals surface area contributed by atoms with Gasteiger partial charge in [0.15, 0.2) is 0 Å². The van der Waals surface area contributed by atoms with Gasteiger partial charge in [-0.25, -0.2) is 0 Å². The normalized spacial score (nSPS) is 13.8. The van der Waals surface area contributed by atoms with Gasteiger partial charge in [-0.05, 0) is 25.8 Å². The zero-order chi connectivity index (χ0) is 12.0. The SMILES string of the molecule is CC(Cc1ccccc1)NC(C)(CO)CO. The van der Waals surface area contributed by atoms with Crippen LogP contribution in [0.4, 0.5) is 0 Å². The van der Waals surface area contributed by atoms with E-state index in [1.54, 1.807) is 0 Å². The van der Waals surface area contributed by atoms with Crippen molar-refractivity contribution in [2.45, 2.75) is 31.8 Å². The van der Waals surface area contributed by atoms with E-state index in [0.717, 1.165) is 6.42 Å². The summed E-state index contributed by atoms with van der Waals surface area (Å²) in [6, 6.07) is 10.4. The quantitative estimate of drug-likeness (QED) is 0.673. The minimum absolute atomic E-state index is 0.0668. The second-order valence-corrected chi connectivity index (χ2v) is 4.61. The highest BCUT2D eigenvalue weighted by Gasteiger charge is 2.23. The Bertz CT molecular complexity index is 296. The first kappa shape index (κ1) is 13.2. The lowest BCUT2D eigenvalue weighted by atomic mass is 10.0. The van der Waals surface area contributed by atoms with Gasteiger partial charge in [0, 0.05) is 6.04 Å². The summed E-state index contributed by atoms with van der Waals surface area (Å²) in [4.78, 5) is 0. The van der Waals surface area contributed by atoms with Crippen molar-refractivity contribution in [3.8, 4) is 0 Å². The van der Waals surface area contributed by atoms with Crippen LogP contribution in [0.5, 0.6) is 0 Å². The van der Waals surface area contributed by atoms with Gasteiger partial charge in [0.1, 0.15) is 0 Å². The fourth-order valence-corrected chi connectivity index (χ4v) is 1.75. The third-order valence-corrected chi connectivity index (χ3v) is 2.68. The Morgan fingerprint density at radius 1 is 1.19 bits per heavy atom. The molecule has 0 amide bonds. The largest absolute Gasteiger partial charge is 0.394 e. The number of aliphatic hydroxyl groups is 2. The number of hydrogen-bond acceptors (Lipinski definition) is 3. The van der Waals surface area contributed by atoms with E-state index in [1.165, 1.54) is 5.56 Å². The monoisotopic (exact) mass is 223 g/mol. The van der Waals surface area contributed by atoms with E-state index in [4.69, 9.17) is 0 Å². The van der Waals surface area contributed by atoms with Gasteiger partial charge in [0.25, 0.3) is 0 Å². The average molecular weight is 223 g/mol. The Balaban J connectivity index is 2.50. The standard InChI is InChI=1S/C13H21NO2/c1-11(14-13(2,9-15)10-16)8-12-6-4-3-5-7-12/h3-7,11,14-16H,8-10H2,1-2H3. The molecule has 1 aromatic rings. The molecule has 0 aliphatic rings. The van der Waals surface area contributed by atoms with Crippen LogP contribution in [0.25, 0.3) is 0 Å². The Morgan fingerprint density at radius 2 is 1.75 bits per heavy atom. The average Bonchev–Trinajstić information content (AvgIpc) is 2.30. The molecule has 1 unspecified atom stereocenters. The van der Waals surface area contributed by atoms with Crippen LogP contribution >= 0.6 is 0 Å². The number of hydrogen-bond donors (Lipinski definition) is 3. The van der Waals surface area contributed by atoms with E-state index in [0.29, 0.717) is 0 Å². The minimum atomic E-state index is -0.603. The predicted molar refractivity (Wildman–Crippen MR) is 65.3 cm³/mol. The van der Waals surface area contributed by atoms with Gasteiger partial charge in [-0.15, -0.1) is 0 Å². The first-order valence-electron chi connectivity index (χ1n) is 5.63. The molecule has 0 saturated heterocycles. The van der Waals surface area contributed by atoms with E-state index in [-0.39, 0.29) is 19.3 Å². The molecule has 1 aromatic carbocycles. The van der Waals surface area contributed by atoms with Crippen molar-refractivity contribution in [2.24, 2.45) is 0 Å². The zero-order valence-electron chi connectivity index (χ0n) is 9.98. The number of nitrogens with one attached hydrogen (secondary N) is 1. The molecule has 0 aliphatic heterocycles. The van der Waals surface area contributed by atoms with Gasteiger partial charge < -0.3 is 15.5 Å². The highest BCUT2D eigenvalue weighted by molar-refractivity contribution is 5.15. The van der Waals surface area contributed by atoms with Crippen molar-refractivity contribution in [2.75, 3.05) is 13.2 Å². The van der Waals surface area contributed by atoms with Crippen LogP contribution < -0.4 is 5.32 Å². The lowest BCUT2D eigenvalue weighted by molar-refractivity contribution is 0.0957. The van der Waals surface area contributed by atoms with Gasteiger partial charge in [-0.3, -0.25) is 0 Å². The Hall–Kier alpha value is -0.900. The fraction of sp³-hybridized carbons (Fsp3) is 0.538. The molecule has 16 heavy (non-hydrogen) atoms. The van der Waals surface area contributed by atoms with Crippen molar-refractivity contribution >= 4 is 0 Å². The molecular weight excluding hydrogens is 202 g/mol. The molecular formula is C13H21NO2. The maximum absolute atomic E-state index is 9.18. The maximum atomic E-state index is 9.18. The van der Waals surface area contributed by atoms with Crippen LogP contribution in [0, 0.1) is 0 Å². The molecule has 0 aromatic heterocycles. The summed E-state index contributed by atoms with van der Waals surface area (Å²) >= 11 is 0. The van der Waals surface area contributed by atoms with E-state index >= 15 is 0 Å². The minimum Gasteiger partial charge on any atom is -0.394 e. The number of rotatable bonds is 6. The summed E-state index contributed by atoms with van der Waals surface area (Å²) in [6.07, 6.45) is 0.885. The Kier molecular flexibility index (Phi) is 4.93. The summed E-state index contributed by atoms with van der Waals surface area (Å²) in [6.45, 7) is 3.73. The summed E-state index contributed by atoms with van der Waals surface area (Å²) in [5.74, 6) is 0. The third-order valence-electron chi connectivity index (χ3n) is 2.68. The molecule has 0 fully saturated rings. The lowest BCUT2D eigenvalue weighted by Crippen LogP contribution is -2.53. The summed E-state index contributed by atoms with van der Waals surface area (Å²) in [7, 11) is 0. The molecule has 1 atom stereocenters. The topological polar surface area (TPSA) is 52.5 Å². The summed E-state index contributed by atoms with van der Waals surface area (Å²) in [5.41, 5.74) is 0.648. The van der Waals surface area contributed by atoms with E-state index < -0.39 is 5.54 Å². The Labute approximate surface area is 97.1 Å². The van der Waals surface area contributed by atoms with Crippen molar-refractivity contribution in [3.63, 3.8) is 0 Å². The molecule has 0 radical (unpaired) electrons. The Morgan fingerprint density at radius 3 is 2.25 bits per heavy atom. The van der Waals surface area contributed by atoms with Crippen LogP contribution in [0.15, 0.2) is 30.3 Å². The summed E-state index contributed by atoms with van der Waals surface area (Å²) in [5, 5.41) is 21.6. The highest BCUT2D eigenvalue weighted by Crippen LogP contribution is 2.07. The first-order valence-corrected chi connectivity index (χ1v) is 5.63. The van der Waals surface area contributed by atoms with Crippen LogP contribution in [-0.2, 0) is 6.42 Å². The molecule has 90 valence electrons. The third kappa shape index (κ3) is 3.93. The van der Waals surface area contributed by atoms with Crippen LogP contribution in [0.1, 0.15) is 19.4 Å². The van der Waals surface area contributed by atoms with Crippen LogP contribution in [-0.4, -0.2) is 35.0 Å². The van der Waals surface area contributed by atoms with Gasteiger partial charge in [0.2, 0.25) is 0 Å². The van der Waals surface area contributed by atoms with Gasteiger partial charge in [-0.1, -0.05) is 30.3 Å².